The molecule has 1 aromatic rings. The van der Waals surface area contributed by atoms with Crippen LogP contribution in [-0.2, 0) is 10.0 Å². The molecule has 1 N–H and O–H groups in total. The molecule has 6 nitrogen and oxygen atoms in total. The fourth-order valence-electron chi connectivity index (χ4n) is 3.32. The van der Waals surface area contributed by atoms with Gasteiger partial charge in [-0.05, 0) is 50.0 Å². The Balaban J connectivity index is 2.14. The lowest BCUT2D eigenvalue weighted by atomic mass is 10.0. The van der Waals surface area contributed by atoms with Gasteiger partial charge in [-0.3, -0.25) is 4.79 Å². The Morgan fingerprint density at radius 2 is 2.04 bits per heavy atom. The van der Waals surface area contributed by atoms with Crippen molar-refractivity contribution >= 4 is 27.5 Å². The summed E-state index contributed by atoms with van der Waals surface area (Å²) in [4.78, 5) is 14.7. The quantitative estimate of drug-likeness (QED) is 0.708. The summed E-state index contributed by atoms with van der Waals surface area (Å²) in [5.41, 5.74) is 0.308. The van der Waals surface area contributed by atoms with Crippen molar-refractivity contribution in [3.8, 4) is 0 Å². The zero-order chi connectivity index (χ0) is 20.0. The van der Waals surface area contributed by atoms with Crippen LogP contribution >= 0.6 is 11.6 Å². The van der Waals surface area contributed by atoms with E-state index in [4.69, 9.17) is 11.6 Å². The number of halogens is 1. The van der Waals surface area contributed by atoms with E-state index in [9.17, 15) is 13.2 Å². The molecule has 1 unspecified atom stereocenters. The molecule has 0 spiro atoms. The van der Waals surface area contributed by atoms with Crippen molar-refractivity contribution in [3.63, 3.8) is 0 Å². The number of sulfonamides is 1. The van der Waals surface area contributed by atoms with Crippen molar-refractivity contribution in [1.82, 2.24) is 14.5 Å². The SMILES string of the molecule is CCN(CC)CCNC(=O)c1ccc(Cl)c(S(=O)(=O)N2CCCC(C)C2)c1. The van der Waals surface area contributed by atoms with Crippen molar-refractivity contribution < 1.29 is 13.2 Å². The number of nitrogens with one attached hydrogen (secondary N) is 1. The molecule has 152 valence electrons. The van der Waals surface area contributed by atoms with Crippen LogP contribution in [0.15, 0.2) is 23.1 Å². The maximum Gasteiger partial charge on any atom is 0.251 e. The van der Waals surface area contributed by atoms with Gasteiger partial charge in [-0.2, -0.15) is 4.31 Å². The second kappa shape index (κ2) is 9.87. The predicted molar refractivity (Wildman–Crippen MR) is 109 cm³/mol. The lowest BCUT2D eigenvalue weighted by molar-refractivity contribution is 0.0948. The minimum atomic E-state index is -3.71. The molecule has 1 saturated heterocycles. The van der Waals surface area contributed by atoms with Gasteiger partial charge in [-0.15, -0.1) is 0 Å². The molecular formula is C19H30ClN3O3S. The van der Waals surface area contributed by atoms with Gasteiger partial charge in [0.2, 0.25) is 10.0 Å². The van der Waals surface area contributed by atoms with Gasteiger partial charge in [0, 0.05) is 31.7 Å². The van der Waals surface area contributed by atoms with Gasteiger partial charge in [0.25, 0.3) is 5.91 Å². The van der Waals surface area contributed by atoms with Crippen LogP contribution in [0, 0.1) is 5.92 Å². The summed E-state index contributed by atoms with van der Waals surface area (Å²) in [7, 11) is -3.71. The van der Waals surface area contributed by atoms with Crippen LogP contribution in [0.2, 0.25) is 5.02 Å². The zero-order valence-corrected chi connectivity index (χ0v) is 17.9. The van der Waals surface area contributed by atoms with Crippen LogP contribution < -0.4 is 5.32 Å². The molecule has 1 aromatic carbocycles. The van der Waals surface area contributed by atoms with Crippen molar-refractivity contribution in [1.29, 1.82) is 0 Å². The van der Waals surface area contributed by atoms with Gasteiger partial charge in [0.15, 0.2) is 0 Å². The van der Waals surface area contributed by atoms with E-state index in [0.717, 1.165) is 32.5 Å². The Morgan fingerprint density at radius 1 is 1.33 bits per heavy atom. The molecule has 0 bridgehead atoms. The average Bonchev–Trinajstić information content (AvgIpc) is 2.65. The fraction of sp³-hybridized carbons (Fsp3) is 0.632. The van der Waals surface area contributed by atoms with Crippen molar-refractivity contribution in [3.05, 3.63) is 28.8 Å². The third-order valence-corrected chi connectivity index (χ3v) is 7.39. The Morgan fingerprint density at radius 3 is 2.67 bits per heavy atom. The third-order valence-electron chi connectivity index (χ3n) is 5.04. The molecule has 1 aliphatic heterocycles. The number of hydrogen-bond acceptors (Lipinski definition) is 4. The molecule has 27 heavy (non-hydrogen) atoms. The van der Waals surface area contributed by atoms with Crippen LogP contribution in [0.1, 0.15) is 44.0 Å². The van der Waals surface area contributed by atoms with Crippen LogP contribution in [0.25, 0.3) is 0 Å². The number of amides is 1. The summed E-state index contributed by atoms with van der Waals surface area (Å²) < 4.78 is 27.5. The monoisotopic (exact) mass is 415 g/mol. The number of carbonyl (C=O) groups is 1. The van der Waals surface area contributed by atoms with E-state index in [0.29, 0.717) is 31.1 Å². The average molecular weight is 416 g/mol. The molecule has 8 heteroatoms. The first-order chi connectivity index (χ1) is 12.8. The normalized spacial score (nSPS) is 18.6. The molecule has 1 atom stereocenters. The van der Waals surface area contributed by atoms with E-state index in [1.165, 1.54) is 16.4 Å². The summed E-state index contributed by atoms with van der Waals surface area (Å²) >= 11 is 6.18. The smallest absolute Gasteiger partial charge is 0.251 e. The number of hydrogen-bond donors (Lipinski definition) is 1. The number of rotatable bonds is 8. The first-order valence-electron chi connectivity index (χ1n) is 9.59. The largest absolute Gasteiger partial charge is 0.351 e. The molecule has 0 aliphatic carbocycles. The molecular weight excluding hydrogens is 386 g/mol. The number of nitrogens with zero attached hydrogens (tertiary/aromatic N) is 2. The molecule has 1 aliphatic rings. The van der Waals surface area contributed by atoms with E-state index in [1.54, 1.807) is 6.07 Å². The van der Waals surface area contributed by atoms with Crippen LogP contribution in [0.3, 0.4) is 0 Å². The highest BCUT2D eigenvalue weighted by molar-refractivity contribution is 7.89. The van der Waals surface area contributed by atoms with Crippen LogP contribution in [0.4, 0.5) is 0 Å². The lowest BCUT2D eigenvalue weighted by Gasteiger charge is -2.30. The van der Waals surface area contributed by atoms with E-state index in [2.05, 4.69) is 24.1 Å². The third kappa shape index (κ3) is 5.67. The highest BCUT2D eigenvalue weighted by Gasteiger charge is 2.30. The molecule has 2 rings (SSSR count). The minimum Gasteiger partial charge on any atom is -0.351 e. The van der Waals surface area contributed by atoms with E-state index in [-0.39, 0.29) is 15.8 Å². The second-order valence-corrected chi connectivity index (χ2v) is 9.35. The summed E-state index contributed by atoms with van der Waals surface area (Å²) in [5.74, 6) is 0.0288. The zero-order valence-electron chi connectivity index (χ0n) is 16.4. The van der Waals surface area contributed by atoms with Crippen LogP contribution in [-0.4, -0.2) is 62.8 Å². The summed E-state index contributed by atoms with van der Waals surface area (Å²) in [6.07, 6.45) is 1.86. The topological polar surface area (TPSA) is 69.7 Å². The highest BCUT2D eigenvalue weighted by Crippen LogP contribution is 2.29. The molecule has 0 radical (unpaired) electrons. The second-order valence-electron chi connectivity index (χ2n) is 7.04. The molecule has 1 heterocycles. The van der Waals surface area contributed by atoms with E-state index in [1.807, 2.05) is 6.92 Å². The van der Waals surface area contributed by atoms with Gasteiger partial charge in [-0.1, -0.05) is 32.4 Å². The van der Waals surface area contributed by atoms with E-state index >= 15 is 0 Å². The molecule has 1 fully saturated rings. The van der Waals surface area contributed by atoms with E-state index < -0.39 is 10.0 Å². The first kappa shape index (κ1) is 22.1. The van der Waals surface area contributed by atoms with Crippen molar-refractivity contribution in [2.75, 3.05) is 39.3 Å². The van der Waals surface area contributed by atoms with Gasteiger partial charge < -0.3 is 10.2 Å². The molecule has 1 amide bonds. The van der Waals surface area contributed by atoms with Gasteiger partial charge >= 0.3 is 0 Å². The predicted octanol–water partition coefficient (Wildman–Crippen LogP) is 2.83. The maximum absolute atomic E-state index is 13.0. The van der Waals surface area contributed by atoms with Crippen molar-refractivity contribution in [2.45, 2.75) is 38.5 Å². The Kier molecular flexibility index (Phi) is 8.09. The van der Waals surface area contributed by atoms with Gasteiger partial charge in [-0.25, -0.2) is 8.42 Å². The van der Waals surface area contributed by atoms with Crippen LogP contribution in [0.5, 0.6) is 0 Å². The van der Waals surface area contributed by atoms with Gasteiger partial charge in [0.05, 0.1) is 5.02 Å². The Bertz CT molecular complexity index is 751. The molecule has 0 aromatic heterocycles. The summed E-state index contributed by atoms with van der Waals surface area (Å²) in [6, 6.07) is 4.44. The highest BCUT2D eigenvalue weighted by atomic mass is 35.5. The molecule has 0 saturated carbocycles. The van der Waals surface area contributed by atoms with Crippen molar-refractivity contribution in [2.24, 2.45) is 5.92 Å². The number of piperidine rings is 1. The number of carbonyl (C=O) groups excluding carboxylic acids is 1. The minimum absolute atomic E-state index is 0.00894. The number of likely N-dealkylation sites (N-methyl/N-ethyl adjacent to an activating group) is 1. The Hall–Kier alpha value is -1.15. The Labute approximate surface area is 167 Å². The van der Waals surface area contributed by atoms with Gasteiger partial charge in [0.1, 0.15) is 4.90 Å². The number of benzene rings is 1. The first-order valence-corrected chi connectivity index (χ1v) is 11.4. The fourth-order valence-corrected chi connectivity index (χ4v) is 5.41. The maximum atomic E-state index is 13.0. The lowest BCUT2D eigenvalue weighted by Crippen LogP contribution is -2.39. The summed E-state index contributed by atoms with van der Waals surface area (Å²) in [5, 5.41) is 3.00. The standard InChI is InChI=1S/C19H30ClN3O3S/c1-4-22(5-2)12-10-21-19(24)16-8-9-17(20)18(13-16)27(25,26)23-11-6-7-15(3)14-23/h8-9,13,15H,4-7,10-12,14H2,1-3H3,(H,21,24). The summed E-state index contributed by atoms with van der Waals surface area (Å²) in [6.45, 7) is 10.3.